The summed E-state index contributed by atoms with van der Waals surface area (Å²) in [6.07, 6.45) is 5.16. The predicted octanol–water partition coefficient (Wildman–Crippen LogP) is 2.38. The minimum Gasteiger partial charge on any atom is -0.326 e. The topological polar surface area (TPSA) is 92.5 Å². The number of aromatic nitrogens is 4. The van der Waals surface area contributed by atoms with Crippen LogP contribution in [-0.4, -0.2) is 20.2 Å². The number of hydrogen-bond donors (Lipinski definition) is 3. The number of aromatic amines is 1. The summed E-state index contributed by atoms with van der Waals surface area (Å²) in [5.41, 5.74) is 10.7. The molecule has 1 aromatic carbocycles. The third-order valence-corrected chi connectivity index (χ3v) is 3.27. The fourth-order valence-electron chi connectivity index (χ4n) is 2.11. The highest BCUT2D eigenvalue weighted by molar-refractivity contribution is 5.63. The lowest BCUT2D eigenvalue weighted by atomic mass is 10.0. The Morgan fingerprint density at radius 2 is 2.19 bits per heavy atom. The fraction of sp³-hybridized carbons (Fsp3) is 0.133. The van der Waals surface area contributed by atoms with Crippen molar-refractivity contribution < 1.29 is 0 Å². The van der Waals surface area contributed by atoms with Crippen molar-refractivity contribution in [3.05, 3.63) is 54.0 Å². The molecule has 6 heteroatoms. The summed E-state index contributed by atoms with van der Waals surface area (Å²) in [6.45, 7) is 2.60. The molecule has 0 aliphatic rings. The second-order valence-corrected chi connectivity index (χ2v) is 4.72. The summed E-state index contributed by atoms with van der Waals surface area (Å²) in [7, 11) is 0. The third kappa shape index (κ3) is 2.90. The lowest BCUT2D eigenvalue weighted by Gasteiger charge is -2.08. The van der Waals surface area contributed by atoms with Crippen molar-refractivity contribution in [3.8, 4) is 11.3 Å². The Labute approximate surface area is 122 Å². The third-order valence-electron chi connectivity index (χ3n) is 3.27. The van der Waals surface area contributed by atoms with Crippen LogP contribution in [0.15, 0.2) is 42.9 Å². The molecule has 3 aromatic rings. The zero-order chi connectivity index (χ0) is 14.7. The number of rotatable bonds is 4. The highest BCUT2D eigenvalue weighted by Crippen LogP contribution is 2.21. The molecule has 0 unspecified atom stereocenters. The average Bonchev–Trinajstić information content (AvgIpc) is 3.00. The maximum atomic E-state index is 5.69. The molecule has 0 saturated carbocycles. The predicted molar refractivity (Wildman–Crippen MR) is 82.0 cm³/mol. The number of nitrogens with one attached hydrogen (secondary N) is 2. The van der Waals surface area contributed by atoms with Gasteiger partial charge in [0, 0.05) is 24.5 Å². The fourth-order valence-corrected chi connectivity index (χ4v) is 2.11. The maximum Gasteiger partial charge on any atom is 0.227 e. The molecule has 4 N–H and O–H groups in total. The van der Waals surface area contributed by atoms with Gasteiger partial charge in [0.05, 0.1) is 17.6 Å². The van der Waals surface area contributed by atoms with Gasteiger partial charge in [-0.2, -0.15) is 5.10 Å². The molecule has 6 nitrogen and oxygen atoms in total. The number of anilines is 2. The van der Waals surface area contributed by atoms with Crippen molar-refractivity contribution in [1.29, 1.82) is 0 Å². The molecule has 3 rings (SSSR count). The van der Waals surface area contributed by atoms with Gasteiger partial charge < -0.3 is 11.1 Å². The molecule has 0 fully saturated rings. The normalized spacial score (nSPS) is 10.6. The van der Waals surface area contributed by atoms with E-state index in [1.54, 1.807) is 18.6 Å². The van der Waals surface area contributed by atoms with E-state index in [0.29, 0.717) is 12.5 Å². The standard InChI is InChI=1S/C15H16N6/c1-10-6-11(2-3-12(10)7-16)14-4-5-17-15(21-14)20-13-8-18-19-9-13/h2-6,8-9H,7,16H2,1H3,(H,18,19)(H,17,20,21). The molecular weight excluding hydrogens is 264 g/mol. The average molecular weight is 280 g/mol. The van der Waals surface area contributed by atoms with Gasteiger partial charge in [0.2, 0.25) is 5.95 Å². The molecule has 0 atom stereocenters. The number of H-pyrrole nitrogens is 1. The van der Waals surface area contributed by atoms with E-state index in [1.807, 2.05) is 18.2 Å². The Balaban J connectivity index is 1.90. The van der Waals surface area contributed by atoms with E-state index in [4.69, 9.17) is 5.73 Å². The second kappa shape index (κ2) is 5.72. The van der Waals surface area contributed by atoms with Crippen LogP contribution in [0.4, 0.5) is 11.6 Å². The summed E-state index contributed by atoms with van der Waals surface area (Å²) in [5.74, 6) is 0.537. The van der Waals surface area contributed by atoms with Gasteiger partial charge in [-0.05, 0) is 30.2 Å². The first kappa shape index (κ1) is 13.3. The molecule has 0 radical (unpaired) electrons. The van der Waals surface area contributed by atoms with Gasteiger partial charge in [-0.25, -0.2) is 9.97 Å². The van der Waals surface area contributed by atoms with Gasteiger partial charge >= 0.3 is 0 Å². The van der Waals surface area contributed by atoms with Crippen LogP contribution < -0.4 is 11.1 Å². The summed E-state index contributed by atoms with van der Waals surface area (Å²) >= 11 is 0. The van der Waals surface area contributed by atoms with Crippen LogP contribution in [0.1, 0.15) is 11.1 Å². The number of nitrogens with two attached hydrogens (primary N) is 1. The Morgan fingerprint density at radius 1 is 1.29 bits per heavy atom. The Hall–Kier alpha value is -2.73. The van der Waals surface area contributed by atoms with Crippen LogP contribution >= 0.6 is 0 Å². The van der Waals surface area contributed by atoms with Crippen LogP contribution in [0.25, 0.3) is 11.3 Å². The summed E-state index contributed by atoms with van der Waals surface area (Å²) in [6, 6.07) is 8.04. The lowest BCUT2D eigenvalue weighted by Crippen LogP contribution is -2.00. The Morgan fingerprint density at radius 3 is 2.90 bits per heavy atom. The number of aryl methyl sites for hydroxylation is 1. The van der Waals surface area contributed by atoms with Gasteiger partial charge in [-0.3, -0.25) is 5.10 Å². The van der Waals surface area contributed by atoms with E-state index in [-0.39, 0.29) is 0 Å². The van der Waals surface area contributed by atoms with Gasteiger partial charge in [-0.15, -0.1) is 0 Å². The van der Waals surface area contributed by atoms with Gasteiger partial charge in [0.15, 0.2) is 0 Å². The van der Waals surface area contributed by atoms with Gasteiger partial charge in [0.25, 0.3) is 0 Å². The zero-order valence-corrected chi connectivity index (χ0v) is 11.7. The van der Waals surface area contributed by atoms with Crippen molar-refractivity contribution in [3.63, 3.8) is 0 Å². The number of benzene rings is 1. The van der Waals surface area contributed by atoms with E-state index in [9.17, 15) is 0 Å². The first-order chi connectivity index (χ1) is 10.3. The zero-order valence-electron chi connectivity index (χ0n) is 11.7. The minimum atomic E-state index is 0.537. The Bertz CT molecular complexity index is 736. The number of hydrogen-bond acceptors (Lipinski definition) is 5. The highest BCUT2D eigenvalue weighted by atomic mass is 15.2. The summed E-state index contributed by atoms with van der Waals surface area (Å²) < 4.78 is 0. The van der Waals surface area contributed by atoms with Crippen molar-refractivity contribution >= 4 is 11.6 Å². The molecular formula is C15H16N6. The first-order valence-electron chi connectivity index (χ1n) is 6.65. The second-order valence-electron chi connectivity index (χ2n) is 4.72. The minimum absolute atomic E-state index is 0.537. The van der Waals surface area contributed by atoms with E-state index < -0.39 is 0 Å². The van der Waals surface area contributed by atoms with E-state index in [1.165, 1.54) is 0 Å². The molecule has 0 aliphatic heterocycles. The maximum absolute atomic E-state index is 5.69. The van der Waals surface area contributed by atoms with Crippen molar-refractivity contribution in [2.45, 2.75) is 13.5 Å². The van der Waals surface area contributed by atoms with Crippen molar-refractivity contribution in [2.75, 3.05) is 5.32 Å². The molecule has 0 bridgehead atoms. The lowest BCUT2D eigenvalue weighted by molar-refractivity contribution is 1.05. The quantitative estimate of drug-likeness (QED) is 0.682. The Kier molecular flexibility index (Phi) is 3.61. The first-order valence-corrected chi connectivity index (χ1v) is 6.65. The van der Waals surface area contributed by atoms with Crippen LogP contribution in [0.3, 0.4) is 0 Å². The summed E-state index contributed by atoms with van der Waals surface area (Å²) in [5, 5.41) is 9.71. The molecule has 0 aliphatic carbocycles. The van der Waals surface area contributed by atoms with Gasteiger partial charge in [-0.1, -0.05) is 12.1 Å². The monoisotopic (exact) mass is 280 g/mol. The summed E-state index contributed by atoms with van der Waals surface area (Å²) in [4.78, 5) is 8.73. The van der Waals surface area contributed by atoms with Crippen LogP contribution in [0.2, 0.25) is 0 Å². The SMILES string of the molecule is Cc1cc(-c2ccnc(Nc3cn[nH]c3)n2)ccc1CN. The smallest absolute Gasteiger partial charge is 0.227 e. The van der Waals surface area contributed by atoms with Crippen LogP contribution in [0.5, 0.6) is 0 Å². The molecule has 0 saturated heterocycles. The van der Waals surface area contributed by atoms with Crippen LogP contribution in [-0.2, 0) is 6.54 Å². The van der Waals surface area contributed by atoms with Crippen molar-refractivity contribution in [2.24, 2.45) is 5.73 Å². The largest absolute Gasteiger partial charge is 0.326 e. The molecule has 21 heavy (non-hydrogen) atoms. The molecule has 2 heterocycles. The van der Waals surface area contributed by atoms with Crippen LogP contribution in [0, 0.1) is 6.92 Å². The van der Waals surface area contributed by atoms with Gasteiger partial charge in [0.1, 0.15) is 0 Å². The number of nitrogens with zero attached hydrogens (tertiary/aromatic N) is 3. The van der Waals surface area contributed by atoms with Crippen molar-refractivity contribution in [1.82, 2.24) is 20.2 Å². The molecule has 0 spiro atoms. The molecule has 2 aromatic heterocycles. The molecule has 0 amide bonds. The molecule has 106 valence electrons. The van der Waals surface area contributed by atoms with E-state index in [0.717, 1.165) is 28.1 Å². The highest BCUT2D eigenvalue weighted by Gasteiger charge is 2.05. The van der Waals surface area contributed by atoms with E-state index >= 15 is 0 Å². The van der Waals surface area contributed by atoms with E-state index in [2.05, 4.69) is 38.5 Å².